The van der Waals surface area contributed by atoms with Gasteiger partial charge < -0.3 is 10.1 Å². The van der Waals surface area contributed by atoms with Gasteiger partial charge in [0.15, 0.2) is 0 Å². The van der Waals surface area contributed by atoms with E-state index in [2.05, 4.69) is 5.32 Å². The minimum Gasteiger partial charge on any atom is -0.495 e. The van der Waals surface area contributed by atoms with Crippen LogP contribution in [0.5, 0.6) is 5.75 Å². The van der Waals surface area contributed by atoms with Crippen LogP contribution in [0.15, 0.2) is 76.5 Å². The van der Waals surface area contributed by atoms with Crippen LogP contribution in [-0.2, 0) is 14.8 Å². The van der Waals surface area contributed by atoms with Crippen molar-refractivity contribution in [3.8, 4) is 5.75 Å². The van der Waals surface area contributed by atoms with E-state index in [4.69, 9.17) is 16.3 Å². The Kier molecular flexibility index (Phi) is 7.71. The predicted octanol–water partition coefficient (Wildman–Crippen LogP) is 5.21. The van der Waals surface area contributed by atoms with Crippen LogP contribution in [0.3, 0.4) is 0 Å². The second-order valence-corrected chi connectivity index (χ2v) is 10.1. The van der Waals surface area contributed by atoms with Gasteiger partial charge in [-0.3, -0.25) is 9.10 Å². The van der Waals surface area contributed by atoms with Crippen LogP contribution in [0.25, 0.3) is 0 Å². The molecule has 0 heterocycles. The Morgan fingerprint density at radius 1 is 1.09 bits per heavy atom. The Hall–Kier alpha value is -2.68. The first kappa shape index (κ1) is 24.0. The molecule has 0 aliphatic rings. The summed E-state index contributed by atoms with van der Waals surface area (Å²) in [4.78, 5) is 13.9. The number of hydrogen-bond acceptors (Lipinski definition) is 5. The third kappa shape index (κ3) is 5.56. The number of nitrogens with one attached hydrogen (secondary N) is 1. The Bertz CT molecular complexity index is 1210. The van der Waals surface area contributed by atoms with Gasteiger partial charge in [-0.1, -0.05) is 35.4 Å². The van der Waals surface area contributed by atoms with Crippen molar-refractivity contribution >= 4 is 50.7 Å². The van der Waals surface area contributed by atoms with Gasteiger partial charge >= 0.3 is 0 Å². The van der Waals surface area contributed by atoms with Crippen molar-refractivity contribution < 1.29 is 17.9 Å². The highest BCUT2D eigenvalue weighted by Crippen LogP contribution is 2.35. The van der Waals surface area contributed by atoms with Gasteiger partial charge in [-0.2, -0.15) is 0 Å². The second kappa shape index (κ2) is 10.3. The van der Waals surface area contributed by atoms with E-state index >= 15 is 0 Å². The summed E-state index contributed by atoms with van der Waals surface area (Å²) in [6.45, 7) is 1.40. The van der Waals surface area contributed by atoms with E-state index in [9.17, 15) is 13.2 Å². The number of halogens is 1. The molecule has 0 bridgehead atoms. The number of aryl methyl sites for hydroxylation is 1. The number of sulfonamides is 1. The molecule has 9 heteroatoms. The maximum atomic E-state index is 13.6. The van der Waals surface area contributed by atoms with Crippen LogP contribution in [0.2, 0.25) is 5.02 Å². The number of carbonyl (C=O) groups is 1. The normalized spacial score (nSPS) is 11.1. The van der Waals surface area contributed by atoms with E-state index in [1.54, 1.807) is 42.1 Å². The molecule has 3 rings (SSSR count). The van der Waals surface area contributed by atoms with Crippen LogP contribution in [-0.4, -0.2) is 34.2 Å². The van der Waals surface area contributed by atoms with E-state index in [1.165, 1.54) is 25.3 Å². The minimum atomic E-state index is -4.09. The van der Waals surface area contributed by atoms with Gasteiger partial charge in [0.2, 0.25) is 5.91 Å². The fraction of sp³-hybridized carbons (Fsp3) is 0.174. The number of rotatable bonds is 8. The van der Waals surface area contributed by atoms with Crippen LogP contribution >= 0.6 is 23.4 Å². The third-order valence-corrected chi connectivity index (χ3v) is 7.39. The average molecular weight is 491 g/mol. The van der Waals surface area contributed by atoms with Gasteiger partial charge in [-0.15, -0.1) is 11.8 Å². The van der Waals surface area contributed by atoms with E-state index in [0.29, 0.717) is 10.7 Å². The average Bonchev–Trinajstić information content (AvgIpc) is 2.77. The first-order valence-electron chi connectivity index (χ1n) is 9.61. The molecular weight excluding hydrogens is 468 g/mol. The molecule has 0 atom stereocenters. The zero-order chi connectivity index (χ0) is 23.3. The van der Waals surface area contributed by atoms with Crippen molar-refractivity contribution in [2.24, 2.45) is 0 Å². The number of ether oxygens (including phenoxy) is 1. The molecule has 1 N–H and O–H groups in total. The molecule has 168 valence electrons. The lowest BCUT2D eigenvalue weighted by molar-refractivity contribution is -0.114. The summed E-state index contributed by atoms with van der Waals surface area (Å²) in [6, 6.07) is 18.4. The fourth-order valence-electron chi connectivity index (χ4n) is 3.03. The molecule has 0 saturated heterocycles. The van der Waals surface area contributed by atoms with Crippen molar-refractivity contribution in [2.75, 3.05) is 29.5 Å². The first-order chi connectivity index (χ1) is 15.2. The molecule has 32 heavy (non-hydrogen) atoms. The van der Waals surface area contributed by atoms with Crippen LogP contribution < -0.4 is 14.4 Å². The summed E-state index contributed by atoms with van der Waals surface area (Å²) in [5, 5.41) is 3.09. The molecule has 0 aliphatic carbocycles. The maximum absolute atomic E-state index is 13.6. The fourth-order valence-corrected chi connectivity index (χ4v) is 5.08. The van der Waals surface area contributed by atoms with Gasteiger partial charge in [0.1, 0.15) is 12.3 Å². The van der Waals surface area contributed by atoms with E-state index in [-0.39, 0.29) is 16.3 Å². The topological polar surface area (TPSA) is 75.7 Å². The Morgan fingerprint density at radius 3 is 2.47 bits per heavy atom. The molecule has 6 nitrogen and oxygen atoms in total. The number of amides is 1. The summed E-state index contributed by atoms with van der Waals surface area (Å²) < 4.78 is 33.5. The predicted molar refractivity (Wildman–Crippen MR) is 131 cm³/mol. The standard InChI is InChI=1S/C23H23ClN2O4S2/c1-16-7-10-20(11-8-16)32(28,29)26(21-13-17(24)9-12-22(21)30-2)15-23(27)25-18-5-4-6-19(14-18)31-3/h4-14H,15H2,1-3H3,(H,25,27). The van der Waals surface area contributed by atoms with Gasteiger partial charge in [0.25, 0.3) is 10.0 Å². The van der Waals surface area contributed by atoms with Crippen molar-refractivity contribution in [1.29, 1.82) is 0 Å². The number of methoxy groups -OCH3 is 1. The first-order valence-corrected chi connectivity index (χ1v) is 12.7. The van der Waals surface area contributed by atoms with Gasteiger partial charge in [-0.25, -0.2) is 8.42 Å². The molecule has 3 aromatic carbocycles. The summed E-state index contributed by atoms with van der Waals surface area (Å²) in [6.07, 6.45) is 1.93. The molecule has 1 amide bonds. The highest BCUT2D eigenvalue weighted by molar-refractivity contribution is 7.98. The number of thioether (sulfide) groups is 1. The van der Waals surface area contributed by atoms with Crippen LogP contribution in [0.4, 0.5) is 11.4 Å². The highest BCUT2D eigenvalue weighted by atomic mass is 35.5. The third-order valence-electron chi connectivity index (χ3n) is 4.66. The number of benzene rings is 3. The number of hydrogen-bond donors (Lipinski definition) is 1. The molecular formula is C23H23ClN2O4S2. The molecule has 0 unspecified atom stereocenters. The Balaban J connectivity index is 2.01. The van der Waals surface area contributed by atoms with Crippen LogP contribution in [0.1, 0.15) is 5.56 Å². The smallest absolute Gasteiger partial charge is 0.264 e. The molecule has 0 radical (unpaired) electrons. The monoisotopic (exact) mass is 490 g/mol. The lowest BCUT2D eigenvalue weighted by Gasteiger charge is -2.26. The SMILES string of the molecule is COc1ccc(Cl)cc1N(CC(=O)Nc1cccc(SC)c1)S(=O)(=O)c1ccc(C)cc1. The molecule has 0 aliphatic heterocycles. The lowest BCUT2D eigenvalue weighted by Crippen LogP contribution is -2.38. The zero-order valence-corrected chi connectivity index (χ0v) is 20.2. The highest BCUT2D eigenvalue weighted by Gasteiger charge is 2.29. The van der Waals surface area contributed by atoms with Gasteiger partial charge in [0.05, 0.1) is 17.7 Å². The van der Waals surface area contributed by atoms with Crippen molar-refractivity contribution in [3.63, 3.8) is 0 Å². The Labute approximate surface area is 197 Å². The number of anilines is 2. The molecule has 3 aromatic rings. The minimum absolute atomic E-state index is 0.0577. The van der Waals surface area contributed by atoms with Crippen molar-refractivity contribution in [3.05, 3.63) is 77.3 Å². The van der Waals surface area contributed by atoms with Crippen molar-refractivity contribution in [2.45, 2.75) is 16.7 Å². The molecule has 0 fully saturated rings. The van der Waals surface area contributed by atoms with E-state index in [1.807, 2.05) is 31.4 Å². The van der Waals surface area contributed by atoms with E-state index in [0.717, 1.165) is 14.8 Å². The maximum Gasteiger partial charge on any atom is 0.264 e. The Morgan fingerprint density at radius 2 is 1.81 bits per heavy atom. The summed E-state index contributed by atoms with van der Waals surface area (Å²) in [5.41, 5.74) is 1.67. The zero-order valence-electron chi connectivity index (χ0n) is 17.8. The number of carbonyl (C=O) groups excluding carboxylic acids is 1. The largest absolute Gasteiger partial charge is 0.495 e. The molecule has 0 aromatic heterocycles. The van der Waals surface area contributed by atoms with Gasteiger partial charge in [-0.05, 0) is 61.7 Å². The summed E-state index contributed by atoms with van der Waals surface area (Å²) in [5.74, 6) is -0.219. The summed E-state index contributed by atoms with van der Waals surface area (Å²) >= 11 is 7.70. The molecule has 0 saturated carbocycles. The summed E-state index contributed by atoms with van der Waals surface area (Å²) in [7, 11) is -2.66. The van der Waals surface area contributed by atoms with Gasteiger partial charge in [0, 0.05) is 15.6 Å². The number of nitrogens with zero attached hydrogens (tertiary/aromatic N) is 1. The lowest BCUT2D eigenvalue weighted by atomic mass is 10.2. The van der Waals surface area contributed by atoms with Crippen LogP contribution in [0, 0.1) is 6.92 Å². The van der Waals surface area contributed by atoms with E-state index < -0.39 is 22.5 Å². The quantitative estimate of drug-likeness (QED) is 0.438. The van der Waals surface area contributed by atoms with Crippen molar-refractivity contribution in [1.82, 2.24) is 0 Å². The molecule has 0 spiro atoms. The second-order valence-electron chi connectivity index (χ2n) is 6.92.